The standard InChI is InChI=1S/C20H24BrN3O5/c1-5-27-17(25)11-6-14(21)16-15(7-11)22-18(28-16)23-9-12-8-13(10-23)24(12)19(26)29-20(2,3)4/h6-7,12-13H,5,8-10H2,1-4H3. The van der Waals surface area contributed by atoms with Gasteiger partial charge in [0.25, 0.3) is 6.01 Å². The molecule has 1 aromatic heterocycles. The maximum Gasteiger partial charge on any atom is 0.410 e. The lowest BCUT2D eigenvalue weighted by Crippen LogP contribution is -2.70. The number of amides is 1. The number of aromatic nitrogens is 1. The number of benzene rings is 1. The first-order valence-corrected chi connectivity index (χ1v) is 10.5. The first-order chi connectivity index (χ1) is 13.7. The number of anilines is 1. The van der Waals surface area contributed by atoms with Crippen LogP contribution in [0.15, 0.2) is 21.0 Å². The summed E-state index contributed by atoms with van der Waals surface area (Å²) in [6.07, 6.45) is 0.685. The molecule has 2 bridgehead atoms. The summed E-state index contributed by atoms with van der Waals surface area (Å²) in [6.45, 7) is 8.94. The smallest absolute Gasteiger partial charge is 0.410 e. The Bertz CT molecular complexity index is 955. The summed E-state index contributed by atoms with van der Waals surface area (Å²) < 4.78 is 17.2. The molecule has 3 aliphatic heterocycles. The molecule has 0 spiro atoms. The minimum atomic E-state index is -0.510. The van der Waals surface area contributed by atoms with Crippen molar-refractivity contribution >= 4 is 45.1 Å². The second-order valence-corrected chi connectivity index (χ2v) is 9.21. The molecular formula is C20H24BrN3O5. The molecule has 29 heavy (non-hydrogen) atoms. The van der Waals surface area contributed by atoms with E-state index >= 15 is 0 Å². The van der Waals surface area contributed by atoms with Crippen LogP contribution in [0.5, 0.6) is 0 Å². The number of carbonyl (C=O) groups is 2. The molecule has 3 aliphatic rings. The normalized spacial score (nSPS) is 21.1. The van der Waals surface area contributed by atoms with Crippen molar-refractivity contribution < 1.29 is 23.5 Å². The fourth-order valence-electron chi connectivity index (χ4n) is 3.83. The topological polar surface area (TPSA) is 85.1 Å². The van der Waals surface area contributed by atoms with Crippen LogP contribution in [0.1, 0.15) is 44.5 Å². The van der Waals surface area contributed by atoms with Gasteiger partial charge < -0.3 is 18.8 Å². The second-order valence-electron chi connectivity index (χ2n) is 8.36. The summed E-state index contributed by atoms with van der Waals surface area (Å²) in [5, 5.41) is 0. The maximum absolute atomic E-state index is 12.4. The number of carbonyl (C=O) groups excluding carboxylic acids is 2. The van der Waals surface area contributed by atoms with Crippen LogP contribution < -0.4 is 4.90 Å². The predicted octanol–water partition coefficient (Wildman–Crippen LogP) is 3.97. The van der Waals surface area contributed by atoms with E-state index in [9.17, 15) is 9.59 Å². The molecule has 3 fully saturated rings. The Balaban J connectivity index is 1.51. The molecule has 0 aliphatic carbocycles. The zero-order valence-corrected chi connectivity index (χ0v) is 18.5. The summed E-state index contributed by atoms with van der Waals surface area (Å²) in [6, 6.07) is 3.99. The third kappa shape index (κ3) is 3.80. The Morgan fingerprint density at radius 2 is 1.97 bits per heavy atom. The van der Waals surface area contributed by atoms with Gasteiger partial charge >= 0.3 is 12.1 Å². The van der Waals surface area contributed by atoms with Gasteiger partial charge in [0, 0.05) is 13.1 Å². The number of ether oxygens (including phenoxy) is 2. The molecule has 9 heteroatoms. The van der Waals surface area contributed by atoms with Crippen LogP contribution in [-0.4, -0.2) is 59.3 Å². The molecule has 2 unspecified atom stereocenters. The molecule has 8 nitrogen and oxygen atoms in total. The van der Waals surface area contributed by atoms with E-state index in [1.165, 1.54) is 0 Å². The van der Waals surface area contributed by atoms with Gasteiger partial charge in [-0.2, -0.15) is 4.98 Å². The molecular weight excluding hydrogens is 442 g/mol. The van der Waals surface area contributed by atoms with E-state index in [1.807, 2.05) is 30.6 Å². The quantitative estimate of drug-likeness (QED) is 0.633. The minimum Gasteiger partial charge on any atom is -0.462 e. The third-order valence-corrected chi connectivity index (χ3v) is 5.60. The van der Waals surface area contributed by atoms with Crippen LogP contribution in [0, 0.1) is 0 Å². The van der Waals surface area contributed by atoms with Gasteiger partial charge in [-0.3, -0.25) is 4.90 Å². The van der Waals surface area contributed by atoms with Gasteiger partial charge in [0.05, 0.1) is 28.7 Å². The lowest BCUT2D eigenvalue weighted by atomic mass is 9.88. The number of rotatable bonds is 3. The fraction of sp³-hybridized carbons (Fsp3) is 0.550. The highest BCUT2D eigenvalue weighted by atomic mass is 79.9. The Kier molecular flexibility index (Phi) is 4.96. The van der Waals surface area contributed by atoms with Crippen molar-refractivity contribution in [1.82, 2.24) is 9.88 Å². The lowest BCUT2D eigenvalue weighted by molar-refractivity contribution is -0.0386. The molecule has 2 aromatic rings. The van der Waals surface area contributed by atoms with Crippen molar-refractivity contribution in [2.75, 3.05) is 24.6 Å². The maximum atomic E-state index is 12.4. The van der Waals surface area contributed by atoms with Gasteiger partial charge in [0.1, 0.15) is 11.1 Å². The van der Waals surface area contributed by atoms with Crippen LogP contribution in [-0.2, 0) is 9.47 Å². The fourth-order valence-corrected chi connectivity index (χ4v) is 4.36. The van der Waals surface area contributed by atoms with Crippen molar-refractivity contribution in [2.45, 2.75) is 51.8 Å². The summed E-state index contributed by atoms with van der Waals surface area (Å²) in [5.74, 6) is -0.396. The number of piperidine rings is 1. The average Bonchev–Trinajstić information content (AvgIpc) is 3.05. The molecule has 2 atom stereocenters. The number of hydrogen-bond donors (Lipinski definition) is 0. The molecule has 4 heterocycles. The SMILES string of the molecule is CCOC(=O)c1cc(Br)c2oc(N3CC4CC(C3)N4C(=O)OC(C)(C)C)nc2c1. The number of hydrogen-bond acceptors (Lipinski definition) is 7. The van der Waals surface area contributed by atoms with Crippen molar-refractivity contribution in [3.63, 3.8) is 0 Å². The van der Waals surface area contributed by atoms with E-state index < -0.39 is 11.6 Å². The van der Waals surface area contributed by atoms with Gasteiger partial charge in [-0.15, -0.1) is 0 Å². The average molecular weight is 466 g/mol. The zero-order chi connectivity index (χ0) is 20.9. The Morgan fingerprint density at radius 3 is 2.59 bits per heavy atom. The van der Waals surface area contributed by atoms with Gasteiger partial charge in [0.2, 0.25) is 0 Å². The van der Waals surface area contributed by atoms with Gasteiger partial charge in [-0.25, -0.2) is 9.59 Å². The minimum absolute atomic E-state index is 0.0807. The van der Waals surface area contributed by atoms with E-state index in [-0.39, 0.29) is 18.2 Å². The number of nitrogens with zero attached hydrogens (tertiary/aromatic N) is 3. The zero-order valence-electron chi connectivity index (χ0n) is 16.9. The second kappa shape index (κ2) is 7.19. The van der Waals surface area contributed by atoms with Crippen LogP contribution in [0.4, 0.5) is 10.8 Å². The highest BCUT2D eigenvalue weighted by Crippen LogP contribution is 2.37. The monoisotopic (exact) mass is 465 g/mol. The van der Waals surface area contributed by atoms with E-state index in [0.29, 0.717) is 46.8 Å². The van der Waals surface area contributed by atoms with Crippen LogP contribution in [0.25, 0.3) is 11.1 Å². The third-order valence-electron chi connectivity index (χ3n) is 5.01. The molecule has 5 rings (SSSR count). The Labute approximate surface area is 177 Å². The van der Waals surface area contributed by atoms with Crippen molar-refractivity contribution in [3.8, 4) is 0 Å². The van der Waals surface area contributed by atoms with Gasteiger partial charge in [0.15, 0.2) is 5.58 Å². The molecule has 0 saturated carbocycles. The van der Waals surface area contributed by atoms with E-state index in [0.717, 1.165) is 6.42 Å². The van der Waals surface area contributed by atoms with Crippen molar-refractivity contribution in [1.29, 1.82) is 0 Å². The van der Waals surface area contributed by atoms with Gasteiger partial charge in [-0.05, 0) is 62.2 Å². The number of oxazole rings is 1. The predicted molar refractivity (Wildman–Crippen MR) is 110 cm³/mol. The Morgan fingerprint density at radius 1 is 1.28 bits per heavy atom. The first-order valence-electron chi connectivity index (χ1n) is 9.69. The Hall–Kier alpha value is -2.29. The van der Waals surface area contributed by atoms with E-state index in [2.05, 4.69) is 20.9 Å². The molecule has 3 saturated heterocycles. The summed E-state index contributed by atoms with van der Waals surface area (Å²) in [4.78, 5) is 32.9. The molecule has 0 N–H and O–H groups in total. The summed E-state index contributed by atoms with van der Waals surface area (Å²) >= 11 is 3.45. The molecule has 156 valence electrons. The van der Waals surface area contributed by atoms with Crippen LogP contribution in [0.2, 0.25) is 0 Å². The number of piperazine rings is 1. The lowest BCUT2D eigenvalue weighted by Gasteiger charge is -2.55. The van der Waals surface area contributed by atoms with Crippen LogP contribution in [0.3, 0.4) is 0 Å². The molecule has 0 radical (unpaired) electrons. The largest absolute Gasteiger partial charge is 0.462 e. The number of esters is 1. The van der Waals surface area contributed by atoms with E-state index in [1.54, 1.807) is 19.1 Å². The van der Waals surface area contributed by atoms with E-state index in [4.69, 9.17) is 13.9 Å². The summed E-state index contributed by atoms with van der Waals surface area (Å²) in [7, 11) is 0. The molecule has 1 aromatic carbocycles. The highest BCUT2D eigenvalue weighted by Gasteiger charge is 2.49. The number of fused-ring (bicyclic) bond motifs is 3. The highest BCUT2D eigenvalue weighted by molar-refractivity contribution is 9.10. The summed E-state index contributed by atoms with van der Waals surface area (Å²) in [5.41, 5.74) is 1.07. The van der Waals surface area contributed by atoms with Crippen molar-refractivity contribution in [2.24, 2.45) is 0 Å². The van der Waals surface area contributed by atoms with Gasteiger partial charge in [-0.1, -0.05) is 0 Å². The van der Waals surface area contributed by atoms with Crippen LogP contribution >= 0.6 is 15.9 Å². The molecule has 1 amide bonds. The first kappa shape index (κ1) is 20.0. The number of halogens is 1. The van der Waals surface area contributed by atoms with Crippen molar-refractivity contribution in [3.05, 3.63) is 22.2 Å².